The molecule has 0 fully saturated rings. The third kappa shape index (κ3) is 8.06. The molecule has 98 valence electrons. The Bertz CT molecular complexity index is 315. The van der Waals surface area contributed by atoms with Gasteiger partial charge in [0.25, 0.3) is 0 Å². The molecule has 7 heteroatoms. The van der Waals surface area contributed by atoms with E-state index in [1.807, 2.05) is 0 Å². The molecular formula is C10H19N3O4. The lowest BCUT2D eigenvalue weighted by Crippen LogP contribution is -2.52. The number of carboxylic acids is 1. The molecule has 0 aromatic rings. The molecule has 0 rings (SSSR count). The van der Waals surface area contributed by atoms with E-state index < -0.39 is 29.5 Å². The van der Waals surface area contributed by atoms with Crippen LogP contribution < -0.4 is 16.4 Å². The van der Waals surface area contributed by atoms with E-state index in [1.165, 1.54) is 0 Å². The number of hydrogen-bond acceptors (Lipinski definition) is 3. The van der Waals surface area contributed by atoms with Gasteiger partial charge in [0.05, 0.1) is 6.42 Å². The van der Waals surface area contributed by atoms with Gasteiger partial charge in [-0.1, -0.05) is 0 Å². The van der Waals surface area contributed by atoms with Gasteiger partial charge in [0, 0.05) is 18.0 Å². The van der Waals surface area contributed by atoms with Gasteiger partial charge in [0.15, 0.2) is 0 Å². The fourth-order valence-corrected chi connectivity index (χ4v) is 1.36. The summed E-state index contributed by atoms with van der Waals surface area (Å²) in [6, 6.07) is -1.01. The molecule has 17 heavy (non-hydrogen) atoms. The summed E-state index contributed by atoms with van der Waals surface area (Å²) in [6.45, 7) is 4.88. The lowest BCUT2D eigenvalue weighted by molar-refractivity contribution is -0.137. The predicted molar refractivity (Wildman–Crippen MR) is 61.3 cm³/mol. The van der Waals surface area contributed by atoms with Crippen LogP contribution in [0.5, 0.6) is 0 Å². The minimum atomic E-state index is -0.991. The Morgan fingerprint density at radius 2 is 1.88 bits per heavy atom. The molecule has 5 N–H and O–H groups in total. The Kier molecular flexibility index (Phi) is 5.43. The van der Waals surface area contributed by atoms with Crippen molar-refractivity contribution in [3.05, 3.63) is 0 Å². The number of urea groups is 1. The first-order valence-electron chi connectivity index (χ1n) is 5.21. The second kappa shape index (κ2) is 6.07. The molecule has 0 aromatic heterocycles. The SMILES string of the molecule is CC(CC(=O)O)NC(=O)NC(C)(C)CC(N)=O. The Balaban J connectivity index is 4.17. The summed E-state index contributed by atoms with van der Waals surface area (Å²) >= 11 is 0. The fourth-order valence-electron chi connectivity index (χ4n) is 1.36. The van der Waals surface area contributed by atoms with Crippen molar-refractivity contribution in [2.75, 3.05) is 0 Å². The summed E-state index contributed by atoms with van der Waals surface area (Å²) < 4.78 is 0. The zero-order valence-electron chi connectivity index (χ0n) is 10.2. The van der Waals surface area contributed by atoms with Crippen LogP contribution in [0.1, 0.15) is 33.6 Å². The number of carbonyl (C=O) groups excluding carboxylic acids is 2. The molecular weight excluding hydrogens is 226 g/mol. The number of carboxylic acid groups (broad SMARTS) is 1. The molecule has 0 saturated heterocycles. The highest BCUT2D eigenvalue weighted by atomic mass is 16.4. The molecule has 0 aromatic carbocycles. The molecule has 0 spiro atoms. The van der Waals surface area contributed by atoms with Crippen molar-refractivity contribution in [2.24, 2.45) is 5.73 Å². The molecule has 7 nitrogen and oxygen atoms in total. The van der Waals surface area contributed by atoms with Crippen LogP contribution in [-0.2, 0) is 9.59 Å². The number of hydrogen-bond donors (Lipinski definition) is 4. The van der Waals surface area contributed by atoms with Crippen molar-refractivity contribution in [1.29, 1.82) is 0 Å². The molecule has 1 unspecified atom stereocenters. The fraction of sp³-hybridized carbons (Fsp3) is 0.700. The molecule has 0 aliphatic carbocycles. The first kappa shape index (κ1) is 15.2. The predicted octanol–water partition coefficient (Wildman–Crippen LogP) is -0.197. The van der Waals surface area contributed by atoms with Gasteiger partial charge in [-0.2, -0.15) is 0 Å². The average molecular weight is 245 g/mol. The van der Waals surface area contributed by atoms with Crippen LogP contribution in [0.2, 0.25) is 0 Å². The average Bonchev–Trinajstić information content (AvgIpc) is 1.95. The summed E-state index contributed by atoms with van der Waals surface area (Å²) in [7, 11) is 0. The van der Waals surface area contributed by atoms with E-state index in [-0.39, 0.29) is 12.8 Å². The van der Waals surface area contributed by atoms with E-state index in [1.54, 1.807) is 20.8 Å². The molecule has 0 bridgehead atoms. The zero-order valence-corrected chi connectivity index (χ0v) is 10.2. The van der Waals surface area contributed by atoms with Crippen molar-refractivity contribution >= 4 is 17.9 Å². The normalized spacial score (nSPS) is 12.6. The van der Waals surface area contributed by atoms with E-state index in [2.05, 4.69) is 10.6 Å². The number of amides is 3. The largest absolute Gasteiger partial charge is 0.481 e. The van der Waals surface area contributed by atoms with Crippen LogP contribution >= 0.6 is 0 Å². The summed E-state index contributed by atoms with van der Waals surface area (Å²) in [5.41, 5.74) is 4.27. The van der Waals surface area contributed by atoms with E-state index in [0.717, 1.165) is 0 Å². The summed E-state index contributed by atoms with van der Waals surface area (Å²) in [5, 5.41) is 13.5. The molecule has 0 aliphatic rings. The number of rotatable bonds is 6. The smallest absolute Gasteiger partial charge is 0.315 e. The van der Waals surface area contributed by atoms with E-state index >= 15 is 0 Å². The maximum atomic E-state index is 11.5. The monoisotopic (exact) mass is 245 g/mol. The van der Waals surface area contributed by atoms with Gasteiger partial charge < -0.3 is 21.5 Å². The molecule has 0 heterocycles. The second-order valence-corrected chi connectivity index (χ2v) is 4.62. The van der Waals surface area contributed by atoms with Crippen molar-refractivity contribution in [3.8, 4) is 0 Å². The number of nitrogens with two attached hydrogens (primary N) is 1. The van der Waals surface area contributed by atoms with Gasteiger partial charge in [0.2, 0.25) is 5.91 Å². The van der Waals surface area contributed by atoms with Gasteiger partial charge in [-0.15, -0.1) is 0 Å². The summed E-state index contributed by atoms with van der Waals surface area (Å²) in [6.07, 6.45) is -0.155. The standard InChI is InChI=1S/C10H19N3O4/c1-6(4-8(15)16)12-9(17)13-10(2,3)5-7(11)14/h6H,4-5H2,1-3H3,(H2,11,14)(H,15,16)(H2,12,13,17). The molecule has 0 aliphatic heterocycles. The number of primary amides is 1. The molecule has 1 atom stereocenters. The van der Waals surface area contributed by atoms with E-state index in [0.29, 0.717) is 0 Å². The summed E-state index contributed by atoms with van der Waals surface area (Å²) in [4.78, 5) is 32.6. The second-order valence-electron chi connectivity index (χ2n) is 4.62. The lowest BCUT2D eigenvalue weighted by atomic mass is 10.0. The first-order valence-corrected chi connectivity index (χ1v) is 5.21. The first-order chi connectivity index (χ1) is 7.62. The number of aliphatic carboxylic acids is 1. The van der Waals surface area contributed by atoms with E-state index in [9.17, 15) is 14.4 Å². The van der Waals surface area contributed by atoms with Crippen molar-refractivity contribution in [3.63, 3.8) is 0 Å². The minimum absolute atomic E-state index is 0.00767. The highest BCUT2D eigenvalue weighted by molar-refractivity contribution is 5.79. The van der Waals surface area contributed by atoms with Gasteiger partial charge in [0.1, 0.15) is 0 Å². The maximum Gasteiger partial charge on any atom is 0.315 e. The zero-order chi connectivity index (χ0) is 13.6. The third-order valence-electron chi connectivity index (χ3n) is 1.93. The van der Waals surface area contributed by atoms with Gasteiger partial charge in [-0.3, -0.25) is 9.59 Å². The van der Waals surface area contributed by atoms with Crippen molar-refractivity contribution in [1.82, 2.24) is 10.6 Å². The number of nitrogens with one attached hydrogen (secondary N) is 2. The van der Waals surface area contributed by atoms with Gasteiger partial charge in [-0.25, -0.2) is 4.79 Å². The third-order valence-corrected chi connectivity index (χ3v) is 1.93. The Morgan fingerprint density at radius 1 is 1.35 bits per heavy atom. The highest BCUT2D eigenvalue weighted by Gasteiger charge is 2.23. The van der Waals surface area contributed by atoms with E-state index in [4.69, 9.17) is 10.8 Å². The van der Waals surface area contributed by atoms with Gasteiger partial charge >= 0.3 is 12.0 Å². The maximum absolute atomic E-state index is 11.5. The van der Waals surface area contributed by atoms with Crippen LogP contribution in [0.15, 0.2) is 0 Å². The Hall–Kier alpha value is -1.79. The number of carbonyl (C=O) groups is 3. The Labute approximate surface area is 99.7 Å². The van der Waals surface area contributed by atoms with Crippen LogP contribution in [0.4, 0.5) is 4.79 Å². The quantitative estimate of drug-likeness (QED) is 0.517. The molecule has 3 amide bonds. The van der Waals surface area contributed by atoms with Crippen LogP contribution in [-0.4, -0.2) is 34.6 Å². The topological polar surface area (TPSA) is 122 Å². The minimum Gasteiger partial charge on any atom is -0.481 e. The van der Waals surface area contributed by atoms with Crippen molar-refractivity contribution in [2.45, 2.75) is 45.2 Å². The lowest BCUT2D eigenvalue weighted by Gasteiger charge is -2.25. The van der Waals surface area contributed by atoms with Crippen molar-refractivity contribution < 1.29 is 19.5 Å². The molecule has 0 saturated carbocycles. The highest BCUT2D eigenvalue weighted by Crippen LogP contribution is 2.07. The van der Waals surface area contributed by atoms with Crippen LogP contribution in [0.25, 0.3) is 0 Å². The van der Waals surface area contributed by atoms with Gasteiger partial charge in [-0.05, 0) is 20.8 Å². The van der Waals surface area contributed by atoms with Crippen LogP contribution in [0.3, 0.4) is 0 Å². The Morgan fingerprint density at radius 3 is 2.29 bits per heavy atom. The molecule has 0 radical (unpaired) electrons. The summed E-state index contributed by atoms with van der Waals surface area (Å²) in [5.74, 6) is -1.51. The van der Waals surface area contributed by atoms with Crippen LogP contribution in [0, 0.1) is 0 Å².